The molecule has 0 aromatic carbocycles. The topological polar surface area (TPSA) is 245 Å². The van der Waals surface area contributed by atoms with Gasteiger partial charge in [0.2, 0.25) is 0 Å². The van der Waals surface area contributed by atoms with Crippen molar-refractivity contribution >= 4 is 20.8 Å². The summed E-state index contributed by atoms with van der Waals surface area (Å²) in [5, 5.41) is 40.4. The van der Waals surface area contributed by atoms with E-state index in [-0.39, 0.29) is 6.61 Å². The number of ether oxygens (including phenoxy) is 4. The van der Waals surface area contributed by atoms with E-state index in [4.69, 9.17) is 28.1 Å². The Labute approximate surface area is 169 Å². The van der Waals surface area contributed by atoms with E-state index in [1.54, 1.807) is 0 Å². The molecule has 3 saturated heterocycles. The summed E-state index contributed by atoms with van der Waals surface area (Å²) in [6.45, 7) is -1.17. The maximum absolute atomic E-state index is 11.0. The van der Waals surface area contributed by atoms with Gasteiger partial charge < -0.3 is 39.4 Å². The van der Waals surface area contributed by atoms with E-state index in [1.165, 1.54) is 0 Å². The van der Waals surface area contributed by atoms with Crippen LogP contribution in [0.3, 0.4) is 0 Å². The molecule has 176 valence electrons. The smallest absolute Gasteiger partial charge is 0.387 e. The van der Waals surface area contributed by atoms with E-state index >= 15 is 0 Å². The Morgan fingerprint density at radius 1 is 0.833 bits per heavy atom. The van der Waals surface area contributed by atoms with E-state index < -0.39 is 88.8 Å². The molecule has 30 heavy (non-hydrogen) atoms. The molecule has 3 rings (SSSR count). The summed E-state index contributed by atoms with van der Waals surface area (Å²) in [6.07, 6.45) is -16.4. The highest BCUT2D eigenvalue weighted by Crippen LogP contribution is 2.34. The minimum Gasteiger partial charge on any atom is -0.387 e. The van der Waals surface area contributed by atoms with Crippen LogP contribution in [0.4, 0.5) is 0 Å². The van der Waals surface area contributed by atoms with Crippen molar-refractivity contribution in [1.29, 1.82) is 0 Å². The summed E-state index contributed by atoms with van der Waals surface area (Å²) in [5.41, 5.74) is 0. The van der Waals surface area contributed by atoms with Gasteiger partial charge in [0.15, 0.2) is 18.7 Å². The monoisotopic (exact) mass is 484 g/mol. The molecule has 0 aromatic heterocycles. The molecule has 3 aliphatic rings. The van der Waals surface area contributed by atoms with Gasteiger partial charge in [-0.1, -0.05) is 0 Å². The van der Waals surface area contributed by atoms with E-state index in [2.05, 4.69) is 8.37 Å². The summed E-state index contributed by atoms with van der Waals surface area (Å²) >= 11 is 0. The molecule has 0 saturated carbocycles. The fraction of sp³-hybridized carbons (Fsp3) is 1.00. The predicted molar refractivity (Wildman–Crippen MR) is 86.1 cm³/mol. The van der Waals surface area contributed by atoms with Gasteiger partial charge in [0.25, 0.3) is 0 Å². The Hall–Kier alpha value is -0.580. The zero-order valence-corrected chi connectivity index (χ0v) is 16.4. The van der Waals surface area contributed by atoms with Crippen LogP contribution in [0.5, 0.6) is 0 Å². The van der Waals surface area contributed by atoms with Gasteiger partial charge in [-0.2, -0.15) is 16.8 Å². The molecule has 0 radical (unpaired) electrons. The zero-order valence-electron chi connectivity index (χ0n) is 14.8. The van der Waals surface area contributed by atoms with Crippen molar-refractivity contribution in [2.75, 3.05) is 13.2 Å². The second-order valence-electron chi connectivity index (χ2n) is 6.68. The SMILES string of the molecule is O=S(=O)(O)OCC1O[C@H](O[C@@H]2C3CO[C@H](O3)C(OS(=O)(=O)O)[C@H]2O)C(O)[C@@H](O)[C@@H]1O. The summed E-state index contributed by atoms with van der Waals surface area (Å²) in [4.78, 5) is 0. The minimum absolute atomic E-state index is 0.207. The van der Waals surface area contributed by atoms with Gasteiger partial charge in [-0.15, -0.1) is 0 Å². The van der Waals surface area contributed by atoms with Crippen molar-refractivity contribution in [1.82, 2.24) is 0 Å². The third-order valence-corrected chi connectivity index (χ3v) is 5.51. The normalized spacial score (nSPS) is 44.9. The number of hydrogen-bond acceptors (Lipinski definition) is 14. The lowest BCUT2D eigenvalue weighted by atomic mass is 9.98. The number of fused-ring (bicyclic) bond motifs is 2. The molecule has 18 heteroatoms. The Bertz CT molecular complexity index is 814. The molecule has 6 N–H and O–H groups in total. The lowest BCUT2D eigenvalue weighted by molar-refractivity contribution is -0.335. The molecule has 4 unspecified atom stereocenters. The molecular formula is C12H20O16S2. The van der Waals surface area contributed by atoms with E-state index in [0.29, 0.717) is 0 Å². The number of aliphatic hydroxyl groups excluding tert-OH is 4. The predicted octanol–water partition coefficient (Wildman–Crippen LogP) is -4.70. The fourth-order valence-electron chi connectivity index (χ4n) is 3.24. The average Bonchev–Trinajstić information content (AvgIpc) is 3.06. The standard InChI is InChI=1S/C12H20O16S2/c13-5-3(2-24-29(17,18)19)25-11(7(15)6(5)14)27-9-4-1-23-12(26-4)10(8(9)16)28-30(20,21)22/h3-16H,1-2H2,(H,17,18,19)(H,20,21,22)/t3?,4?,5-,6+,7?,8+,9-,10?,11-,12-/m1/s1. The third-order valence-electron chi connectivity index (χ3n) is 4.62. The van der Waals surface area contributed by atoms with Gasteiger partial charge in [-0.25, -0.2) is 8.37 Å². The maximum atomic E-state index is 11.0. The molecule has 0 aliphatic carbocycles. The number of aliphatic hydroxyl groups is 4. The van der Waals surface area contributed by atoms with Gasteiger partial charge in [0.05, 0.1) is 13.2 Å². The molecule has 0 aromatic rings. The molecule has 0 spiro atoms. The second kappa shape index (κ2) is 8.75. The van der Waals surface area contributed by atoms with Crippen molar-refractivity contribution in [2.24, 2.45) is 0 Å². The molecule has 3 aliphatic heterocycles. The van der Waals surface area contributed by atoms with Gasteiger partial charge in [-0.3, -0.25) is 9.11 Å². The highest BCUT2D eigenvalue weighted by Gasteiger charge is 2.55. The van der Waals surface area contributed by atoms with Gasteiger partial charge in [0.1, 0.15) is 42.7 Å². The minimum atomic E-state index is -5.02. The summed E-state index contributed by atoms with van der Waals surface area (Å²) in [7, 11) is -9.93. The van der Waals surface area contributed by atoms with Crippen LogP contribution in [0.2, 0.25) is 0 Å². The Morgan fingerprint density at radius 2 is 1.50 bits per heavy atom. The molecule has 0 amide bonds. The van der Waals surface area contributed by atoms with Gasteiger partial charge in [0, 0.05) is 0 Å². The first-order chi connectivity index (χ1) is 13.8. The quantitative estimate of drug-likeness (QED) is 0.186. The van der Waals surface area contributed by atoms with Crippen molar-refractivity contribution in [2.45, 2.75) is 61.4 Å². The first-order valence-corrected chi connectivity index (χ1v) is 11.1. The highest BCUT2D eigenvalue weighted by molar-refractivity contribution is 7.81. The van der Waals surface area contributed by atoms with Crippen LogP contribution in [0.15, 0.2) is 0 Å². The van der Waals surface area contributed by atoms with Gasteiger partial charge in [-0.05, 0) is 0 Å². The Morgan fingerprint density at radius 3 is 2.10 bits per heavy atom. The lowest BCUT2D eigenvalue weighted by Crippen LogP contribution is -2.63. The van der Waals surface area contributed by atoms with Crippen LogP contribution in [-0.2, 0) is 48.1 Å². The Balaban J connectivity index is 1.74. The molecule has 16 nitrogen and oxygen atoms in total. The van der Waals surface area contributed by atoms with Crippen LogP contribution in [0.25, 0.3) is 0 Å². The zero-order chi connectivity index (χ0) is 22.4. The fourth-order valence-corrected chi connectivity index (χ4v) is 4.03. The summed E-state index contributed by atoms with van der Waals surface area (Å²) in [5.74, 6) is 0. The molecule has 3 fully saturated rings. The van der Waals surface area contributed by atoms with Crippen molar-refractivity contribution in [3.05, 3.63) is 0 Å². The maximum Gasteiger partial charge on any atom is 0.397 e. The van der Waals surface area contributed by atoms with Crippen molar-refractivity contribution in [3.8, 4) is 0 Å². The molecule has 2 bridgehead atoms. The van der Waals surface area contributed by atoms with Crippen LogP contribution >= 0.6 is 0 Å². The Kier molecular flexibility index (Phi) is 7.02. The van der Waals surface area contributed by atoms with Crippen LogP contribution < -0.4 is 0 Å². The summed E-state index contributed by atoms with van der Waals surface area (Å²) < 4.78 is 90.3. The number of hydrogen-bond donors (Lipinski definition) is 6. The van der Waals surface area contributed by atoms with E-state index in [9.17, 15) is 37.3 Å². The average molecular weight is 484 g/mol. The lowest BCUT2D eigenvalue weighted by Gasteiger charge is -2.43. The molecule has 3 heterocycles. The van der Waals surface area contributed by atoms with Crippen LogP contribution in [-0.4, -0.2) is 121 Å². The van der Waals surface area contributed by atoms with Crippen LogP contribution in [0.1, 0.15) is 0 Å². The third kappa shape index (κ3) is 5.42. The second-order valence-corrected chi connectivity index (χ2v) is 8.82. The van der Waals surface area contributed by atoms with Crippen LogP contribution in [0, 0.1) is 0 Å². The first kappa shape index (κ1) is 24.1. The van der Waals surface area contributed by atoms with Crippen molar-refractivity contribution in [3.63, 3.8) is 0 Å². The molecule has 10 atom stereocenters. The highest BCUT2D eigenvalue weighted by atomic mass is 32.3. The number of rotatable bonds is 7. The summed E-state index contributed by atoms with van der Waals surface area (Å²) in [6, 6.07) is 0. The van der Waals surface area contributed by atoms with Crippen molar-refractivity contribution < 1.29 is 73.7 Å². The van der Waals surface area contributed by atoms with E-state index in [1.807, 2.05) is 0 Å². The molecular weight excluding hydrogens is 464 g/mol. The first-order valence-electron chi connectivity index (χ1n) is 8.34. The van der Waals surface area contributed by atoms with Gasteiger partial charge >= 0.3 is 20.8 Å². The van der Waals surface area contributed by atoms with E-state index in [0.717, 1.165) is 0 Å². The largest absolute Gasteiger partial charge is 0.397 e.